The van der Waals surface area contributed by atoms with Gasteiger partial charge in [0.15, 0.2) is 27.8 Å². The van der Waals surface area contributed by atoms with Crippen molar-refractivity contribution in [2.75, 3.05) is 27.9 Å². The third-order valence-corrected chi connectivity index (χ3v) is 7.78. The lowest BCUT2D eigenvalue weighted by Gasteiger charge is -2.26. The van der Waals surface area contributed by atoms with Gasteiger partial charge < -0.3 is 23.7 Å². The number of thiazole rings is 1. The van der Waals surface area contributed by atoms with Gasteiger partial charge in [0.1, 0.15) is 0 Å². The molecule has 1 atom stereocenters. The Kier molecular flexibility index (Phi) is 9.09. The average Bonchev–Trinajstić information content (AvgIpc) is 3.34. The van der Waals surface area contributed by atoms with Crippen LogP contribution in [0.25, 0.3) is 11.8 Å². The standard InChI is InChI=1S/C32H28F2N2O7S/c1-5-42-30(38)26-27(19-9-7-6-8-10-19)35-32-36(28(26)20-12-14-21(39-2)24(17-20)41-4)29(37)25(44-32)16-18-11-13-22(43-31(33)34)23(15-18)40-3/h6-17,28,31H,5H2,1-4H3/b25-16+/t28-/m0/s1. The van der Waals surface area contributed by atoms with Crippen molar-refractivity contribution in [2.45, 2.75) is 19.6 Å². The minimum absolute atomic E-state index is 0.0750. The molecule has 1 aliphatic rings. The molecule has 1 aliphatic heterocycles. The molecule has 3 aromatic carbocycles. The Morgan fingerprint density at radius 2 is 1.64 bits per heavy atom. The number of halogens is 2. The van der Waals surface area contributed by atoms with E-state index in [2.05, 4.69) is 4.74 Å². The number of nitrogens with zero attached hydrogens (tertiary/aromatic N) is 2. The molecule has 5 rings (SSSR count). The van der Waals surface area contributed by atoms with Gasteiger partial charge in [-0.3, -0.25) is 9.36 Å². The van der Waals surface area contributed by atoms with Gasteiger partial charge in [0, 0.05) is 5.56 Å². The number of methoxy groups -OCH3 is 3. The minimum atomic E-state index is -3.03. The fourth-order valence-electron chi connectivity index (χ4n) is 4.90. The summed E-state index contributed by atoms with van der Waals surface area (Å²) in [6.07, 6.45) is 1.60. The lowest BCUT2D eigenvalue weighted by Crippen LogP contribution is -2.40. The van der Waals surface area contributed by atoms with Crippen LogP contribution in [0.1, 0.15) is 29.7 Å². The van der Waals surface area contributed by atoms with E-state index in [0.717, 1.165) is 11.3 Å². The van der Waals surface area contributed by atoms with Gasteiger partial charge in [-0.15, -0.1) is 0 Å². The summed E-state index contributed by atoms with van der Waals surface area (Å²) in [5.41, 5.74) is 1.86. The maximum absolute atomic E-state index is 14.1. The predicted octanol–water partition coefficient (Wildman–Crippen LogP) is 4.56. The van der Waals surface area contributed by atoms with Crippen LogP contribution in [0.3, 0.4) is 0 Å². The smallest absolute Gasteiger partial charge is 0.387 e. The highest BCUT2D eigenvalue weighted by molar-refractivity contribution is 7.07. The SMILES string of the molecule is CCOC(=O)C1=C(c2ccccc2)N=c2s/c(=C/c3ccc(OC(F)F)c(OC)c3)c(=O)n2[C@H]1c1ccc(OC)c(OC)c1. The van der Waals surface area contributed by atoms with Gasteiger partial charge in [0.05, 0.1) is 49.8 Å². The Morgan fingerprint density at radius 3 is 2.30 bits per heavy atom. The zero-order valence-corrected chi connectivity index (χ0v) is 25.0. The first-order valence-corrected chi connectivity index (χ1v) is 14.2. The van der Waals surface area contributed by atoms with Gasteiger partial charge in [0.25, 0.3) is 5.56 Å². The van der Waals surface area contributed by atoms with Crippen molar-refractivity contribution in [3.05, 3.63) is 109 Å². The second-order valence-corrected chi connectivity index (χ2v) is 10.3. The summed E-state index contributed by atoms with van der Waals surface area (Å²) in [7, 11) is 4.34. The van der Waals surface area contributed by atoms with Crippen LogP contribution in [0.4, 0.5) is 8.78 Å². The Bertz CT molecular complexity index is 1900. The highest BCUT2D eigenvalue weighted by atomic mass is 32.1. The Morgan fingerprint density at radius 1 is 0.955 bits per heavy atom. The van der Waals surface area contributed by atoms with E-state index < -0.39 is 24.2 Å². The third-order valence-electron chi connectivity index (χ3n) is 6.80. The lowest BCUT2D eigenvalue weighted by atomic mass is 9.93. The topological polar surface area (TPSA) is 97.6 Å². The number of hydrogen-bond donors (Lipinski definition) is 0. The zero-order valence-electron chi connectivity index (χ0n) is 24.2. The quantitative estimate of drug-likeness (QED) is 0.239. The molecule has 228 valence electrons. The molecule has 0 aliphatic carbocycles. The normalized spacial score (nSPS) is 14.6. The van der Waals surface area contributed by atoms with E-state index >= 15 is 0 Å². The maximum Gasteiger partial charge on any atom is 0.387 e. The van der Waals surface area contributed by atoms with Gasteiger partial charge in [-0.25, -0.2) is 9.79 Å². The number of rotatable bonds is 10. The van der Waals surface area contributed by atoms with Crippen LogP contribution in [-0.4, -0.2) is 45.1 Å². The minimum Gasteiger partial charge on any atom is -0.493 e. The first-order valence-electron chi connectivity index (χ1n) is 13.4. The summed E-state index contributed by atoms with van der Waals surface area (Å²) in [4.78, 5) is 32.9. The van der Waals surface area contributed by atoms with Crippen molar-refractivity contribution in [3.8, 4) is 23.0 Å². The second kappa shape index (κ2) is 13.1. The molecule has 0 amide bonds. The summed E-state index contributed by atoms with van der Waals surface area (Å²) in [5.74, 6) is 0.198. The fraction of sp³-hybridized carbons (Fsp3) is 0.219. The summed E-state index contributed by atoms with van der Waals surface area (Å²) >= 11 is 1.12. The molecular formula is C32H28F2N2O7S. The number of benzene rings is 3. The maximum atomic E-state index is 14.1. The van der Waals surface area contributed by atoms with Gasteiger partial charge in [-0.05, 0) is 48.4 Å². The van der Waals surface area contributed by atoms with Crippen LogP contribution < -0.4 is 33.8 Å². The number of carbonyl (C=O) groups is 1. The van der Waals surface area contributed by atoms with E-state index in [1.807, 2.05) is 30.3 Å². The fourth-order valence-corrected chi connectivity index (χ4v) is 5.90. The van der Waals surface area contributed by atoms with E-state index in [1.165, 1.54) is 44.1 Å². The number of aromatic nitrogens is 1. The van der Waals surface area contributed by atoms with E-state index in [1.54, 1.807) is 31.2 Å². The largest absolute Gasteiger partial charge is 0.493 e. The zero-order chi connectivity index (χ0) is 31.4. The van der Waals surface area contributed by atoms with Crippen LogP contribution >= 0.6 is 11.3 Å². The average molecular weight is 623 g/mol. The number of ether oxygens (including phenoxy) is 5. The number of alkyl halides is 2. The number of carbonyl (C=O) groups excluding carboxylic acids is 1. The van der Waals surface area contributed by atoms with E-state index in [-0.39, 0.29) is 28.2 Å². The molecule has 12 heteroatoms. The van der Waals surface area contributed by atoms with Gasteiger partial charge in [0.2, 0.25) is 0 Å². The van der Waals surface area contributed by atoms with Crippen molar-refractivity contribution in [1.82, 2.24) is 4.57 Å². The van der Waals surface area contributed by atoms with Gasteiger partial charge >= 0.3 is 12.6 Å². The van der Waals surface area contributed by atoms with Crippen LogP contribution in [0.15, 0.2) is 82.1 Å². The Balaban J connectivity index is 1.78. The molecule has 0 radical (unpaired) electrons. The monoisotopic (exact) mass is 622 g/mol. The first-order chi connectivity index (χ1) is 21.3. The molecule has 0 fully saturated rings. The molecule has 1 aromatic heterocycles. The highest BCUT2D eigenvalue weighted by Crippen LogP contribution is 2.38. The third kappa shape index (κ3) is 5.93. The first kappa shape index (κ1) is 30.5. The molecule has 0 spiro atoms. The molecule has 0 saturated carbocycles. The molecule has 0 bridgehead atoms. The molecule has 44 heavy (non-hydrogen) atoms. The van der Waals surface area contributed by atoms with Crippen molar-refractivity contribution < 1.29 is 37.3 Å². The van der Waals surface area contributed by atoms with E-state index in [9.17, 15) is 18.4 Å². The molecule has 0 saturated heterocycles. The Hall–Kier alpha value is -4.97. The summed E-state index contributed by atoms with van der Waals surface area (Å²) in [5, 5.41) is 0. The molecule has 9 nitrogen and oxygen atoms in total. The summed E-state index contributed by atoms with van der Waals surface area (Å²) in [6.45, 7) is -1.21. The summed E-state index contributed by atoms with van der Waals surface area (Å²) in [6, 6.07) is 17.8. The van der Waals surface area contributed by atoms with Crippen LogP contribution in [0.5, 0.6) is 23.0 Å². The van der Waals surface area contributed by atoms with Crippen molar-refractivity contribution >= 4 is 29.1 Å². The molecule has 0 N–H and O–H groups in total. The van der Waals surface area contributed by atoms with Crippen molar-refractivity contribution in [2.24, 2.45) is 4.99 Å². The van der Waals surface area contributed by atoms with E-state index in [0.29, 0.717) is 38.7 Å². The predicted molar refractivity (Wildman–Crippen MR) is 160 cm³/mol. The van der Waals surface area contributed by atoms with Gasteiger partial charge in [-0.1, -0.05) is 53.8 Å². The molecular weight excluding hydrogens is 594 g/mol. The highest BCUT2D eigenvalue weighted by Gasteiger charge is 2.35. The number of hydrogen-bond acceptors (Lipinski definition) is 9. The number of esters is 1. The summed E-state index contributed by atoms with van der Waals surface area (Å²) < 4.78 is 53.6. The number of fused-ring (bicyclic) bond motifs is 1. The second-order valence-electron chi connectivity index (χ2n) is 9.33. The molecule has 0 unspecified atom stereocenters. The van der Waals surface area contributed by atoms with Crippen molar-refractivity contribution in [3.63, 3.8) is 0 Å². The van der Waals surface area contributed by atoms with Crippen LogP contribution in [-0.2, 0) is 9.53 Å². The van der Waals surface area contributed by atoms with Crippen molar-refractivity contribution in [1.29, 1.82) is 0 Å². The lowest BCUT2D eigenvalue weighted by molar-refractivity contribution is -0.138. The van der Waals surface area contributed by atoms with Crippen LogP contribution in [0.2, 0.25) is 0 Å². The molecule has 4 aromatic rings. The molecule has 2 heterocycles. The Labute approximate surface area is 254 Å². The van der Waals surface area contributed by atoms with Gasteiger partial charge in [-0.2, -0.15) is 8.78 Å². The van der Waals surface area contributed by atoms with Crippen LogP contribution in [0, 0.1) is 0 Å². The van der Waals surface area contributed by atoms with E-state index in [4.69, 9.17) is 23.9 Å².